The van der Waals surface area contributed by atoms with Crippen molar-refractivity contribution in [2.24, 2.45) is 4.99 Å². The lowest BCUT2D eigenvalue weighted by Gasteiger charge is -2.06. The van der Waals surface area contributed by atoms with Crippen molar-refractivity contribution in [3.8, 4) is 0 Å². The van der Waals surface area contributed by atoms with Crippen molar-refractivity contribution >= 4 is 23.3 Å². The zero-order valence-electron chi connectivity index (χ0n) is 14.4. The lowest BCUT2D eigenvalue weighted by Crippen LogP contribution is -2.10. The number of benzene rings is 3. The van der Waals surface area contributed by atoms with Gasteiger partial charge in [-0.2, -0.15) is 4.74 Å². The zero-order chi connectivity index (χ0) is 17.6. The average Bonchev–Trinajstić information content (AvgIpc) is 2.64. The first-order valence-corrected chi connectivity index (χ1v) is 8.20. The van der Waals surface area contributed by atoms with Gasteiger partial charge in [-0.3, -0.25) is 0 Å². The van der Waals surface area contributed by atoms with Crippen LogP contribution in [0.1, 0.15) is 16.7 Å². The number of hydrogen-bond donors (Lipinski definition) is 0. The van der Waals surface area contributed by atoms with Crippen molar-refractivity contribution in [2.45, 2.75) is 13.8 Å². The smallest absolute Gasteiger partial charge is 0.216 e. The summed E-state index contributed by atoms with van der Waals surface area (Å²) in [5, 5.41) is 12.5. The van der Waals surface area contributed by atoms with E-state index in [0.29, 0.717) is 11.4 Å². The maximum Gasteiger partial charge on any atom is 0.216 e. The molecule has 3 aromatic carbocycles. The minimum Gasteiger partial charge on any atom is -0.618 e. The first-order valence-electron chi connectivity index (χ1n) is 8.20. The SMILES string of the molecule is Cc1ccc(N=C(/C=[N+](\[O-])c2ccccc2)c2ccc(C)cc2)cc1. The molecule has 0 saturated carbocycles. The molecule has 124 valence electrons. The number of aryl methyl sites for hydroxylation is 2. The van der Waals surface area contributed by atoms with Crippen LogP contribution in [-0.4, -0.2) is 16.7 Å². The molecule has 0 aliphatic heterocycles. The van der Waals surface area contributed by atoms with Gasteiger partial charge in [0.25, 0.3) is 0 Å². The molecule has 0 fully saturated rings. The molecule has 0 heterocycles. The normalized spacial score (nSPS) is 12.2. The summed E-state index contributed by atoms with van der Waals surface area (Å²) >= 11 is 0. The maximum atomic E-state index is 12.5. The van der Waals surface area contributed by atoms with E-state index in [1.54, 1.807) is 12.1 Å². The third-order valence-corrected chi connectivity index (χ3v) is 3.88. The second-order valence-electron chi connectivity index (χ2n) is 5.99. The third kappa shape index (κ3) is 4.42. The van der Waals surface area contributed by atoms with Crippen LogP contribution in [0.5, 0.6) is 0 Å². The largest absolute Gasteiger partial charge is 0.618 e. The van der Waals surface area contributed by atoms with E-state index in [1.165, 1.54) is 17.3 Å². The Hall–Kier alpha value is -3.20. The molecule has 3 rings (SSSR count). The van der Waals surface area contributed by atoms with E-state index in [9.17, 15) is 5.21 Å². The predicted octanol–water partition coefficient (Wildman–Crippen LogP) is 5.34. The summed E-state index contributed by atoms with van der Waals surface area (Å²) in [4.78, 5) is 4.68. The van der Waals surface area contributed by atoms with Gasteiger partial charge in [0.15, 0.2) is 0 Å². The predicted molar refractivity (Wildman–Crippen MR) is 104 cm³/mol. The van der Waals surface area contributed by atoms with Gasteiger partial charge in [0.05, 0.1) is 5.69 Å². The lowest BCUT2D eigenvalue weighted by atomic mass is 10.1. The molecule has 0 aromatic heterocycles. The molecule has 3 aromatic rings. The molecule has 0 atom stereocenters. The number of hydrogen-bond acceptors (Lipinski definition) is 2. The van der Waals surface area contributed by atoms with Crippen molar-refractivity contribution < 1.29 is 4.74 Å². The summed E-state index contributed by atoms with van der Waals surface area (Å²) in [6.45, 7) is 4.07. The fraction of sp³-hybridized carbons (Fsp3) is 0.0909. The fourth-order valence-corrected chi connectivity index (χ4v) is 2.41. The molecule has 25 heavy (non-hydrogen) atoms. The Kier molecular flexibility index (Phi) is 5.05. The van der Waals surface area contributed by atoms with Crippen molar-refractivity contribution in [1.82, 2.24) is 0 Å². The van der Waals surface area contributed by atoms with Gasteiger partial charge in [-0.15, -0.1) is 0 Å². The highest BCUT2D eigenvalue weighted by Crippen LogP contribution is 2.16. The Labute approximate surface area is 148 Å². The van der Waals surface area contributed by atoms with Gasteiger partial charge in [-0.25, -0.2) is 4.99 Å². The first-order chi connectivity index (χ1) is 12.1. The molecule has 0 aliphatic rings. The maximum absolute atomic E-state index is 12.5. The topological polar surface area (TPSA) is 38.4 Å². The standard InChI is InChI=1S/C22H20N2O/c1-17-8-12-19(13-9-17)22(23-20-14-10-18(2)11-15-20)16-24(25)21-6-4-3-5-7-21/h3-16H,1-2H3/b23-22?,24-16-. The van der Waals surface area contributed by atoms with Crippen LogP contribution in [0.3, 0.4) is 0 Å². The molecule has 0 N–H and O–H groups in total. The van der Waals surface area contributed by atoms with Crippen LogP contribution in [0.25, 0.3) is 0 Å². The monoisotopic (exact) mass is 328 g/mol. The van der Waals surface area contributed by atoms with Gasteiger partial charge in [0, 0.05) is 17.7 Å². The molecular formula is C22H20N2O. The molecule has 0 radical (unpaired) electrons. The lowest BCUT2D eigenvalue weighted by molar-refractivity contribution is -0.353. The van der Waals surface area contributed by atoms with E-state index in [-0.39, 0.29) is 0 Å². The molecule has 0 saturated heterocycles. The summed E-state index contributed by atoms with van der Waals surface area (Å²) in [5.41, 5.74) is 5.27. The summed E-state index contributed by atoms with van der Waals surface area (Å²) in [6, 6.07) is 25.1. The van der Waals surface area contributed by atoms with E-state index in [1.807, 2.05) is 80.6 Å². The minimum atomic E-state index is 0.575. The Morgan fingerprint density at radius 3 is 1.96 bits per heavy atom. The Balaban J connectivity index is 2.05. The number of nitrogens with zero attached hydrogens (tertiary/aromatic N) is 2. The highest BCUT2D eigenvalue weighted by molar-refractivity contribution is 6.37. The summed E-state index contributed by atoms with van der Waals surface area (Å²) in [5.74, 6) is 0. The van der Waals surface area contributed by atoms with E-state index >= 15 is 0 Å². The average molecular weight is 328 g/mol. The summed E-state index contributed by atoms with van der Waals surface area (Å²) in [7, 11) is 0. The molecular weight excluding hydrogens is 308 g/mol. The third-order valence-electron chi connectivity index (χ3n) is 3.88. The van der Waals surface area contributed by atoms with Crippen LogP contribution in [0, 0.1) is 19.1 Å². The van der Waals surface area contributed by atoms with Gasteiger partial charge in [-0.1, -0.05) is 65.7 Å². The second kappa shape index (κ2) is 7.58. The van der Waals surface area contributed by atoms with Gasteiger partial charge in [-0.05, 0) is 26.0 Å². The highest BCUT2D eigenvalue weighted by atomic mass is 16.5. The van der Waals surface area contributed by atoms with Crippen LogP contribution >= 0.6 is 0 Å². The molecule has 0 spiro atoms. The van der Waals surface area contributed by atoms with Crippen molar-refractivity contribution in [3.63, 3.8) is 0 Å². The van der Waals surface area contributed by atoms with E-state index < -0.39 is 0 Å². The molecule has 3 heteroatoms. The Morgan fingerprint density at radius 1 is 0.800 bits per heavy atom. The van der Waals surface area contributed by atoms with Gasteiger partial charge >= 0.3 is 0 Å². The number of rotatable bonds is 4. The van der Waals surface area contributed by atoms with Gasteiger partial charge < -0.3 is 5.21 Å². The van der Waals surface area contributed by atoms with Crippen molar-refractivity contribution in [2.75, 3.05) is 0 Å². The van der Waals surface area contributed by atoms with Crippen LogP contribution in [0.2, 0.25) is 0 Å². The first kappa shape index (κ1) is 16.7. The summed E-state index contributed by atoms with van der Waals surface area (Å²) < 4.78 is 0.854. The number of aliphatic imine (C=N–C) groups is 1. The van der Waals surface area contributed by atoms with Crippen molar-refractivity contribution in [3.05, 3.63) is 101 Å². The Bertz CT molecular complexity index is 893. The molecule has 0 amide bonds. The van der Waals surface area contributed by atoms with Crippen LogP contribution in [-0.2, 0) is 0 Å². The van der Waals surface area contributed by atoms with E-state index in [0.717, 1.165) is 16.0 Å². The molecule has 0 aliphatic carbocycles. The Morgan fingerprint density at radius 2 is 1.36 bits per heavy atom. The van der Waals surface area contributed by atoms with E-state index in [2.05, 4.69) is 4.99 Å². The highest BCUT2D eigenvalue weighted by Gasteiger charge is 2.08. The fourth-order valence-electron chi connectivity index (χ4n) is 2.41. The quantitative estimate of drug-likeness (QED) is 0.276. The van der Waals surface area contributed by atoms with Gasteiger partial charge in [0.2, 0.25) is 11.9 Å². The molecule has 3 nitrogen and oxygen atoms in total. The molecule has 0 bridgehead atoms. The molecule has 0 unspecified atom stereocenters. The van der Waals surface area contributed by atoms with Gasteiger partial charge in [0.1, 0.15) is 5.71 Å². The summed E-state index contributed by atoms with van der Waals surface area (Å²) in [6.07, 6.45) is 1.53. The zero-order valence-corrected chi connectivity index (χ0v) is 14.4. The van der Waals surface area contributed by atoms with Crippen molar-refractivity contribution in [1.29, 1.82) is 0 Å². The van der Waals surface area contributed by atoms with Crippen LogP contribution in [0.4, 0.5) is 11.4 Å². The van der Waals surface area contributed by atoms with Crippen LogP contribution in [0.15, 0.2) is 83.9 Å². The van der Waals surface area contributed by atoms with E-state index in [4.69, 9.17) is 0 Å². The minimum absolute atomic E-state index is 0.575. The number of para-hydroxylation sites is 1. The second-order valence-corrected chi connectivity index (χ2v) is 5.99. The van der Waals surface area contributed by atoms with Crippen LogP contribution < -0.4 is 0 Å².